The Morgan fingerprint density at radius 1 is 1.03 bits per heavy atom. The molecule has 0 bridgehead atoms. The van der Waals surface area contributed by atoms with E-state index in [2.05, 4.69) is 37.1 Å². The molecule has 0 amide bonds. The Morgan fingerprint density at radius 3 is 2.36 bits per heavy atom. The largest absolute Gasteiger partial charge is 0.396 e. The number of aromatic nitrogens is 1. The molecule has 0 saturated carbocycles. The van der Waals surface area contributed by atoms with Crippen LogP contribution in [-0.2, 0) is 28.1 Å². The molecule has 1 heterocycles. The summed E-state index contributed by atoms with van der Waals surface area (Å²) in [6.45, 7) is 10.2. The molecule has 3 rings (SSSR count). The molecule has 0 fully saturated rings. The number of Topliss-reactive ketones (excluding diaryl/α,β-unsaturated/α-hetero) is 1. The zero-order valence-corrected chi connectivity index (χ0v) is 24.8. The minimum Gasteiger partial charge on any atom is -0.396 e. The van der Waals surface area contributed by atoms with Gasteiger partial charge in [0.1, 0.15) is 5.82 Å². The van der Waals surface area contributed by atoms with Crippen molar-refractivity contribution in [3.05, 3.63) is 88.6 Å². The number of pyridine rings is 1. The molecule has 0 spiro atoms. The molecule has 0 aliphatic rings. The second kappa shape index (κ2) is 12.9. The molecule has 0 radical (unpaired) electrons. The smallest absolute Gasteiger partial charge is 0.163 e. The molecule has 210 valence electrons. The number of sulfone groups is 1. The molecule has 3 aromatic rings. The number of hydrogen-bond donors (Lipinski definition) is 2. The van der Waals surface area contributed by atoms with Crippen molar-refractivity contribution < 1.29 is 18.3 Å². The van der Waals surface area contributed by atoms with Crippen LogP contribution in [0, 0.1) is 5.92 Å². The maximum Gasteiger partial charge on any atom is 0.163 e. The number of rotatable bonds is 12. The number of benzene rings is 2. The first kappa shape index (κ1) is 30.5. The van der Waals surface area contributed by atoms with E-state index in [9.17, 15) is 18.3 Å². The number of carbonyl (C=O) groups excluding carboxylic acids is 1. The van der Waals surface area contributed by atoms with Crippen molar-refractivity contribution in [2.45, 2.75) is 71.0 Å². The first-order chi connectivity index (χ1) is 18.3. The number of aryl methyl sites for hydroxylation is 2. The summed E-state index contributed by atoms with van der Waals surface area (Å²) < 4.78 is 24.5. The van der Waals surface area contributed by atoms with E-state index in [-0.39, 0.29) is 23.7 Å². The second-order valence-corrected chi connectivity index (χ2v) is 13.8. The lowest BCUT2D eigenvalue weighted by atomic mass is 9.83. The summed E-state index contributed by atoms with van der Waals surface area (Å²) in [6, 6.07) is 17.2. The van der Waals surface area contributed by atoms with Gasteiger partial charge in [0.15, 0.2) is 15.6 Å². The molecule has 2 unspecified atom stereocenters. The lowest BCUT2D eigenvalue weighted by molar-refractivity contribution is 0.0934. The quantitative estimate of drug-likeness (QED) is 0.247. The van der Waals surface area contributed by atoms with Crippen LogP contribution in [0.4, 0.5) is 11.5 Å². The molecular formula is C32H42N2O4S. The number of nitrogens with zero attached hydrogens (tertiary/aromatic N) is 1. The van der Waals surface area contributed by atoms with Gasteiger partial charge in [0.05, 0.1) is 5.25 Å². The lowest BCUT2D eigenvalue weighted by Crippen LogP contribution is -2.16. The minimum atomic E-state index is -3.21. The summed E-state index contributed by atoms with van der Waals surface area (Å²) >= 11 is 0. The van der Waals surface area contributed by atoms with Crippen LogP contribution in [0.1, 0.15) is 85.3 Å². The maximum atomic E-state index is 12.8. The fraction of sp³-hybridized carbons (Fsp3) is 0.438. The average Bonchev–Trinajstić information content (AvgIpc) is 2.89. The van der Waals surface area contributed by atoms with Gasteiger partial charge in [-0.1, -0.05) is 70.5 Å². The summed E-state index contributed by atoms with van der Waals surface area (Å²) in [4.78, 5) is 17.4. The molecule has 2 aromatic carbocycles. The van der Waals surface area contributed by atoms with Gasteiger partial charge in [-0.3, -0.25) is 4.79 Å². The summed E-state index contributed by atoms with van der Waals surface area (Å²) in [5, 5.41) is 12.3. The fourth-order valence-electron chi connectivity index (χ4n) is 4.74. The topological polar surface area (TPSA) is 96.4 Å². The van der Waals surface area contributed by atoms with Crippen LogP contribution in [0.15, 0.2) is 60.8 Å². The Balaban J connectivity index is 1.87. The predicted molar refractivity (Wildman–Crippen MR) is 160 cm³/mol. The third kappa shape index (κ3) is 8.23. The number of hydrogen-bond acceptors (Lipinski definition) is 6. The van der Waals surface area contributed by atoms with Crippen LogP contribution in [0.3, 0.4) is 0 Å². The predicted octanol–water partition coefficient (Wildman–Crippen LogP) is 6.60. The van der Waals surface area contributed by atoms with Gasteiger partial charge in [-0.25, -0.2) is 13.4 Å². The maximum absolute atomic E-state index is 12.8. The molecule has 0 aliphatic carbocycles. The third-order valence-corrected chi connectivity index (χ3v) is 8.90. The van der Waals surface area contributed by atoms with Crippen LogP contribution in [-0.4, -0.2) is 37.2 Å². The first-order valence-corrected chi connectivity index (χ1v) is 15.6. The second-order valence-electron chi connectivity index (χ2n) is 11.4. The van der Waals surface area contributed by atoms with E-state index in [4.69, 9.17) is 0 Å². The van der Waals surface area contributed by atoms with Crippen molar-refractivity contribution in [3.63, 3.8) is 0 Å². The average molecular weight is 551 g/mol. The van der Waals surface area contributed by atoms with Gasteiger partial charge in [-0.15, -0.1) is 0 Å². The first-order valence-electron chi connectivity index (χ1n) is 13.6. The van der Waals surface area contributed by atoms with Crippen molar-refractivity contribution in [2.24, 2.45) is 5.92 Å². The highest BCUT2D eigenvalue weighted by Crippen LogP contribution is 2.31. The van der Waals surface area contributed by atoms with Crippen molar-refractivity contribution in [1.82, 2.24) is 4.98 Å². The molecule has 7 heteroatoms. The summed E-state index contributed by atoms with van der Waals surface area (Å²) in [6.07, 6.45) is 5.70. The van der Waals surface area contributed by atoms with E-state index < -0.39 is 15.1 Å². The fourth-order valence-corrected chi connectivity index (χ4v) is 5.43. The molecule has 6 nitrogen and oxygen atoms in total. The van der Waals surface area contributed by atoms with Crippen LogP contribution >= 0.6 is 0 Å². The summed E-state index contributed by atoms with van der Waals surface area (Å²) in [7, 11) is -3.21. The number of aliphatic hydroxyl groups is 1. The van der Waals surface area contributed by atoms with Gasteiger partial charge in [0, 0.05) is 36.7 Å². The Labute approximate surface area is 233 Å². The van der Waals surface area contributed by atoms with Gasteiger partial charge >= 0.3 is 0 Å². The van der Waals surface area contributed by atoms with Crippen molar-refractivity contribution in [1.29, 1.82) is 0 Å². The van der Waals surface area contributed by atoms with E-state index in [1.165, 1.54) is 6.26 Å². The monoisotopic (exact) mass is 550 g/mol. The normalized spacial score (nSPS) is 13.6. The third-order valence-electron chi connectivity index (χ3n) is 7.36. The molecular weight excluding hydrogens is 508 g/mol. The minimum absolute atomic E-state index is 0.00461. The highest BCUT2D eigenvalue weighted by molar-refractivity contribution is 7.90. The van der Waals surface area contributed by atoms with Crippen LogP contribution in [0.5, 0.6) is 0 Å². The van der Waals surface area contributed by atoms with Crippen molar-refractivity contribution in [2.75, 3.05) is 18.2 Å². The zero-order valence-electron chi connectivity index (χ0n) is 24.0. The van der Waals surface area contributed by atoms with E-state index >= 15 is 0 Å². The SMILES string of the molecule is CCC(CO)CC(=O)c1cccc(Nc2cc(CCc3ccccc3C(C)S(C)(=O)=O)c(C(C)(C)C)cn2)c1. The Morgan fingerprint density at radius 2 is 1.72 bits per heavy atom. The molecule has 2 atom stereocenters. The van der Waals surface area contributed by atoms with Crippen LogP contribution in [0.2, 0.25) is 0 Å². The number of nitrogens with one attached hydrogen (secondary N) is 1. The molecule has 39 heavy (non-hydrogen) atoms. The van der Waals surface area contributed by atoms with E-state index in [1.54, 1.807) is 13.0 Å². The number of carbonyl (C=O) groups is 1. The van der Waals surface area contributed by atoms with Crippen LogP contribution < -0.4 is 5.32 Å². The van der Waals surface area contributed by atoms with Crippen LogP contribution in [0.25, 0.3) is 0 Å². The Kier molecular flexibility index (Phi) is 10.1. The number of anilines is 2. The molecule has 0 saturated heterocycles. The van der Waals surface area contributed by atoms with E-state index in [1.807, 2.05) is 55.6 Å². The van der Waals surface area contributed by atoms with Gasteiger partial charge < -0.3 is 10.4 Å². The number of ketones is 1. The van der Waals surface area contributed by atoms with Gasteiger partial charge in [-0.2, -0.15) is 0 Å². The number of aliphatic hydroxyl groups excluding tert-OH is 1. The van der Waals surface area contributed by atoms with Gasteiger partial charge in [0.2, 0.25) is 0 Å². The van der Waals surface area contributed by atoms with E-state index in [0.717, 1.165) is 40.8 Å². The summed E-state index contributed by atoms with van der Waals surface area (Å²) in [5.74, 6) is 0.661. The van der Waals surface area contributed by atoms with Crippen molar-refractivity contribution in [3.8, 4) is 0 Å². The Hall–Kier alpha value is -3.03. The highest BCUT2D eigenvalue weighted by atomic mass is 32.2. The standard InChI is InChI=1S/C32H42N2O4S/c1-7-23(21-35)17-30(36)26-12-10-13-27(18-26)34-31-19-25(29(20-33-31)32(3,4)5)16-15-24-11-8-9-14-28(24)22(2)39(6,37)38/h8-14,18-20,22-23,35H,7,15-17,21H2,1-6H3,(H,33,34). The lowest BCUT2D eigenvalue weighted by Gasteiger charge is -2.24. The van der Waals surface area contributed by atoms with E-state index in [0.29, 0.717) is 24.2 Å². The molecule has 0 aliphatic heterocycles. The highest BCUT2D eigenvalue weighted by Gasteiger charge is 2.22. The molecule has 2 N–H and O–H groups in total. The molecule has 1 aromatic heterocycles. The van der Waals surface area contributed by atoms with Crippen molar-refractivity contribution >= 4 is 27.1 Å². The Bertz CT molecular complexity index is 1390. The zero-order chi connectivity index (χ0) is 28.8. The van der Waals surface area contributed by atoms with Gasteiger partial charge in [-0.05, 0) is 71.6 Å². The van der Waals surface area contributed by atoms with Gasteiger partial charge in [0.25, 0.3) is 0 Å². The summed E-state index contributed by atoms with van der Waals surface area (Å²) in [5.41, 5.74) is 5.42.